The van der Waals surface area contributed by atoms with Crippen LogP contribution in [0, 0.1) is 11.1 Å². The summed E-state index contributed by atoms with van der Waals surface area (Å²) in [6.07, 6.45) is 3.23. The van der Waals surface area contributed by atoms with Crippen LogP contribution in [-0.2, 0) is 11.2 Å². The summed E-state index contributed by atoms with van der Waals surface area (Å²) in [5.74, 6) is 1.20. The monoisotopic (exact) mass is 615 g/mol. The van der Waals surface area contributed by atoms with Gasteiger partial charge in [0.05, 0.1) is 20.8 Å². The molecular weight excluding hydrogens is 591 g/mol. The minimum absolute atomic E-state index is 0.0200. The predicted octanol–water partition coefficient (Wildman–Crippen LogP) is 7.25. The van der Waals surface area contributed by atoms with Crippen LogP contribution in [0.25, 0.3) is 0 Å². The number of nitrogens with zero attached hydrogens (tertiary/aromatic N) is 1. The molecule has 3 aromatic rings. The molecule has 0 unspecified atom stereocenters. The summed E-state index contributed by atoms with van der Waals surface area (Å²) in [5.41, 5.74) is 0.775. The second-order valence-corrected chi connectivity index (χ2v) is 10.6. The Balaban J connectivity index is 1.64. The standard InChI is InChI=1S/C27H25Cl2F2NO7S/c1-35-21-8-6-17(10-24(21)36-2)40-27(33)39-23(11-18-19(28)12-32(34)13-20(18)29)16-5-7-22(38-26(30)31)25(9-16)37-14-15-3-4-15/h5-10,12-13,15,23,26H,3-4,11,14H2,1-2H3/t23-/m0/s1. The molecule has 0 saturated heterocycles. The molecule has 214 valence electrons. The van der Waals surface area contributed by atoms with Crippen LogP contribution < -0.4 is 23.7 Å². The van der Waals surface area contributed by atoms with E-state index in [1.165, 1.54) is 32.4 Å². The molecular formula is C27H25Cl2F2NO7S. The Kier molecular flexibility index (Phi) is 10.0. The summed E-state index contributed by atoms with van der Waals surface area (Å²) in [6.45, 7) is -2.72. The summed E-state index contributed by atoms with van der Waals surface area (Å²) < 4.78 is 53.3. The third-order valence-corrected chi connectivity index (χ3v) is 7.37. The van der Waals surface area contributed by atoms with Gasteiger partial charge in [0.15, 0.2) is 35.4 Å². The molecule has 1 aliphatic carbocycles. The van der Waals surface area contributed by atoms with Crippen molar-refractivity contribution in [2.75, 3.05) is 20.8 Å². The minimum Gasteiger partial charge on any atom is -0.619 e. The third kappa shape index (κ3) is 7.96. The zero-order valence-corrected chi connectivity index (χ0v) is 23.7. The normalized spacial score (nSPS) is 13.6. The zero-order valence-electron chi connectivity index (χ0n) is 21.4. The van der Waals surface area contributed by atoms with Crippen molar-refractivity contribution in [2.24, 2.45) is 5.92 Å². The second-order valence-electron chi connectivity index (χ2n) is 8.81. The largest absolute Gasteiger partial charge is 0.619 e. The van der Waals surface area contributed by atoms with E-state index in [4.69, 9.17) is 42.1 Å². The van der Waals surface area contributed by atoms with Gasteiger partial charge in [-0.25, -0.2) is 4.79 Å². The number of aromatic nitrogens is 1. The van der Waals surface area contributed by atoms with E-state index in [1.807, 2.05) is 0 Å². The van der Waals surface area contributed by atoms with Gasteiger partial charge in [-0.15, -0.1) is 0 Å². The smallest absolute Gasteiger partial charge is 0.387 e. The van der Waals surface area contributed by atoms with E-state index in [0.29, 0.717) is 44.8 Å². The maximum Gasteiger partial charge on any atom is 0.387 e. The van der Waals surface area contributed by atoms with Gasteiger partial charge < -0.3 is 28.9 Å². The molecule has 13 heteroatoms. The Bertz CT molecular complexity index is 1340. The first-order chi connectivity index (χ1) is 19.2. The molecule has 0 radical (unpaired) electrons. The summed E-state index contributed by atoms with van der Waals surface area (Å²) in [4.78, 5) is 13.6. The highest BCUT2D eigenvalue weighted by Gasteiger charge is 2.27. The zero-order chi connectivity index (χ0) is 28.8. The van der Waals surface area contributed by atoms with E-state index in [1.54, 1.807) is 18.2 Å². The number of halogens is 4. The number of hydrogen-bond acceptors (Lipinski definition) is 8. The number of benzene rings is 2. The lowest BCUT2D eigenvalue weighted by molar-refractivity contribution is -0.605. The van der Waals surface area contributed by atoms with E-state index >= 15 is 0 Å². The first-order valence-corrected chi connectivity index (χ1v) is 13.6. The number of ether oxygens (including phenoxy) is 5. The summed E-state index contributed by atoms with van der Waals surface area (Å²) in [5, 5.41) is 11.2. The lowest BCUT2D eigenvalue weighted by Crippen LogP contribution is -2.25. The second kappa shape index (κ2) is 13.5. The highest BCUT2D eigenvalue weighted by atomic mass is 35.5. The first kappa shape index (κ1) is 29.8. The number of carbonyl (C=O) groups excluding carboxylic acids is 1. The van der Waals surface area contributed by atoms with Crippen molar-refractivity contribution in [3.05, 3.63) is 75.2 Å². The number of pyridine rings is 1. The Labute approximate surface area is 243 Å². The number of carbonyl (C=O) groups is 1. The summed E-state index contributed by atoms with van der Waals surface area (Å²) in [6, 6.07) is 9.24. The fourth-order valence-electron chi connectivity index (χ4n) is 3.78. The molecule has 8 nitrogen and oxygen atoms in total. The van der Waals surface area contributed by atoms with Gasteiger partial charge in [0, 0.05) is 16.9 Å². The SMILES string of the molecule is COc1ccc(SC(=O)O[C@@H](Cc2c(Cl)c[n+]([O-])cc2Cl)c2ccc(OC(F)F)c(OCC3CC3)c2)cc1OC. The van der Waals surface area contributed by atoms with Gasteiger partial charge in [0.2, 0.25) is 0 Å². The van der Waals surface area contributed by atoms with Gasteiger partial charge in [0.25, 0.3) is 0 Å². The lowest BCUT2D eigenvalue weighted by atomic mass is 10.0. The van der Waals surface area contributed by atoms with Crippen LogP contribution in [-0.4, -0.2) is 32.7 Å². The maximum atomic E-state index is 13.1. The van der Waals surface area contributed by atoms with E-state index in [2.05, 4.69) is 4.74 Å². The van der Waals surface area contributed by atoms with E-state index in [0.717, 1.165) is 37.0 Å². The van der Waals surface area contributed by atoms with Gasteiger partial charge in [-0.3, -0.25) is 0 Å². The molecule has 1 saturated carbocycles. The van der Waals surface area contributed by atoms with Crippen molar-refractivity contribution < 1.29 is 42.0 Å². The van der Waals surface area contributed by atoms with Crippen LogP contribution in [0.3, 0.4) is 0 Å². The van der Waals surface area contributed by atoms with Crippen molar-refractivity contribution in [2.45, 2.75) is 36.9 Å². The van der Waals surface area contributed by atoms with E-state index < -0.39 is 18.0 Å². The summed E-state index contributed by atoms with van der Waals surface area (Å²) in [7, 11) is 2.97. The van der Waals surface area contributed by atoms with Crippen molar-refractivity contribution >= 4 is 40.3 Å². The van der Waals surface area contributed by atoms with E-state index in [-0.39, 0.29) is 28.0 Å². The average Bonchev–Trinajstić information content (AvgIpc) is 3.73. The van der Waals surface area contributed by atoms with Crippen LogP contribution in [0.15, 0.2) is 53.7 Å². The van der Waals surface area contributed by atoms with Gasteiger partial charge in [-0.2, -0.15) is 13.5 Å². The lowest BCUT2D eigenvalue weighted by Gasteiger charge is -2.21. The molecule has 1 aromatic heterocycles. The highest BCUT2D eigenvalue weighted by molar-refractivity contribution is 8.13. The molecule has 0 spiro atoms. The van der Waals surface area contributed by atoms with Crippen molar-refractivity contribution in [3.63, 3.8) is 0 Å². The highest BCUT2D eigenvalue weighted by Crippen LogP contribution is 2.39. The predicted molar refractivity (Wildman–Crippen MR) is 145 cm³/mol. The molecule has 1 aliphatic rings. The molecule has 0 aliphatic heterocycles. The Hall–Kier alpha value is -3.15. The molecule has 0 bridgehead atoms. The van der Waals surface area contributed by atoms with Crippen molar-refractivity contribution in [3.8, 4) is 23.0 Å². The van der Waals surface area contributed by atoms with Crippen LogP contribution >= 0.6 is 35.0 Å². The van der Waals surface area contributed by atoms with Gasteiger partial charge >= 0.3 is 11.9 Å². The fraction of sp³-hybridized carbons (Fsp3) is 0.333. The fourth-order valence-corrected chi connectivity index (χ4v) is 5.04. The first-order valence-electron chi connectivity index (χ1n) is 12.1. The summed E-state index contributed by atoms with van der Waals surface area (Å²) >= 11 is 13.4. The maximum absolute atomic E-state index is 13.1. The number of hydrogen-bond donors (Lipinski definition) is 0. The number of thioether (sulfide) groups is 1. The molecule has 40 heavy (non-hydrogen) atoms. The third-order valence-electron chi connectivity index (χ3n) is 5.97. The van der Waals surface area contributed by atoms with Gasteiger partial charge in [-0.05, 0) is 66.4 Å². The van der Waals surface area contributed by atoms with Gasteiger partial charge in [-0.1, -0.05) is 29.3 Å². The minimum atomic E-state index is -3.05. The molecule has 1 atom stereocenters. The average molecular weight is 616 g/mol. The van der Waals surface area contributed by atoms with Gasteiger partial charge in [0.1, 0.15) is 16.1 Å². The molecule has 1 heterocycles. The van der Waals surface area contributed by atoms with E-state index in [9.17, 15) is 18.8 Å². The number of methoxy groups -OCH3 is 2. The van der Waals surface area contributed by atoms with Crippen LogP contribution in [0.5, 0.6) is 23.0 Å². The molecule has 0 amide bonds. The van der Waals surface area contributed by atoms with Crippen LogP contribution in [0.1, 0.15) is 30.1 Å². The molecule has 1 fully saturated rings. The van der Waals surface area contributed by atoms with Crippen LogP contribution in [0.2, 0.25) is 10.0 Å². The Morgan fingerprint density at radius 1 is 1.02 bits per heavy atom. The molecule has 4 rings (SSSR count). The Morgan fingerprint density at radius 3 is 2.33 bits per heavy atom. The number of rotatable bonds is 12. The van der Waals surface area contributed by atoms with Crippen LogP contribution in [0.4, 0.5) is 13.6 Å². The molecule has 2 aromatic carbocycles. The molecule has 0 N–H and O–H groups in total. The number of alkyl halides is 2. The topological polar surface area (TPSA) is 90.2 Å². The Morgan fingerprint density at radius 2 is 1.70 bits per heavy atom. The quantitative estimate of drug-likeness (QED) is 0.0911. The van der Waals surface area contributed by atoms with Crippen molar-refractivity contribution in [1.29, 1.82) is 0 Å². The van der Waals surface area contributed by atoms with Crippen molar-refractivity contribution in [1.82, 2.24) is 0 Å².